The molecule has 0 spiro atoms. The van der Waals surface area contributed by atoms with Crippen molar-refractivity contribution in [3.63, 3.8) is 0 Å². The van der Waals surface area contributed by atoms with Gasteiger partial charge in [0.1, 0.15) is 5.75 Å². The first-order chi connectivity index (χ1) is 24.5. The molecule has 0 radical (unpaired) electrons. The van der Waals surface area contributed by atoms with Crippen LogP contribution in [0.25, 0.3) is 6.08 Å². The Morgan fingerprint density at radius 2 is 1.73 bits per heavy atom. The number of fused-ring (bicyclic) bond motifs is 1. The van der Waals surface area contributed by atoms with E-state index in [9.17, 15) is 29.8 Å². The van der Waals surface area contributed by atoms with Gasteiger partial charge in [0.05, 0.1) is 56.4 Å². The molecule has 0 aliphatic carbocycles. The predicted octanol–water partition coefficient (Wildman–Crippen LogP) is 6.26. The maximum Gasteiger partial charge on any atom is 0.318 e. The standard InChI is InChI=1S/C35H26BrN5O9S/c1-19-30(33(42)38-22-9-5-4-6-10-22)31(21-8-7-11-24(17-21)48-2)39-34(43)29(51-35(39)37-19)16-20-14-25(36)32(28(15-20)49-3)50-27-13-12-23(40(44)45)18-26(27)41(46)47/h4-18,31H,1-3H3,(H,38,42)/b29-16-/t31-/m0/s1. The second-order valence-corrected chi connectivity index (χ2v) is 12.8. The summed E-state index contributed by atoms with van der Waals surface area (Å²) in [6.45, 7) is 1.72. The minimum atomic E-state index is -0.836. The molecule has 1 amide bonds. The molecule has 0 unspecified atom stereocenters. The molecule has 14 nitrogen and oxygen atoms in total. The summed E-state index contributed by atoms with van der Waals surface area (Å²) in [6.07, 6.45) is 1.63. The van der Waals surface area contributed by atoms with E-state index in [0.717, 1.165) is 29.5 Å². The molecule has 16 heteroatoms. The molecule has 4 aromatic carbocycles. The Morgan fingerprint density at radius 1 is 0.961 bits per heavy atom. The minimum absolute atomic E-state index is 0.0655. The molecule has 1 aliphatic heterocycles. The number of anilines is 1. The first-order valence-electron chi connectivity index (χ1n) is 15.0. The highest BCUT2D eigenvalue weighted by molar-refractivity contribution is 9.10. The van der Waals surface area contributed by atoms with Crippen LogP contribution in [0.1, 0.15) is 24.1 Å². The van der Waals surface area contributed by atoms with E-state index in [-0.39, 0.29) is 22.8 Å². The number of thiazole rings is 1. The third-order valence-electron chi connectivity index (χ3n) is 7.82. The van der Waals surface area contributed by atoms with Crippen LogP contribution in [0.4, 0.5) is 17.1 Å². The smallest absolute Gasteiger partial charge is 0.318 e. The number of para-hydroxylation sites is 1. The molecule has 51 heavy (non-hydrogen) atoms. The summed E-state index contributed by atoms with van der Waals surface area (Å²) in [5, 5.41) is 25.8. The predicted molar refractivity (Wildman–Crippen MR) is 192 cm³/mol. The van der Waals surface area contributed by atoms with Crippen LogP contribution < -0.4 is 34.4 Å². The number of non-ortho nitro benzene ring substituents is 1. The maximum atomic E-state index is 14.2. The third kappa shape index (κ3) is 6.99. The van der Waals surface area contributed by atoms with Gasteiger partial charge in [-0.15, -0.1) is 0 Å². The van der Waals surface area contributed by atoms with Crippen LogP contribution in [0.5, 0.6) is 23.0 Å². The van der Waals surface area contributed by atoms with E-state index in [1.807, 2.05) is 12.1 Å². The number of hydrogen-bond donors (Lipinski definition) is 1. The Labute approximate surface area is 301 Å². The van der Waals surface area contributed by atoms with Crippen molar-refractivity contribution in [2.75, 3.05) is 19.5 Å². The van der Waals surface area contributed by atoms with Crippen molar-refractivity contribution in [1.29, 1.82) is 0 Å². The number of hydrogen-bond acceptors (Lipinski definition) is 11. The van der Waals surface area contributed by atoms with Crippen LogP contribution in [0.2, 0.25) is 0 Å². The monoisotopic (exact) mass is 771 g/mol. The normalized spacial score (nSPS) is 14.0. The van der Waals surface area contributed by atoms with Gasteiger partial charge < -0.3 is 19.5 Å². The summed E-state index contributed by atoms with van der Waals surface area (Å²) in [5.41, 5.74) is 0.977. The molecular formula is C35H26BrN5O9S. The zero-order valence-electron chi connectivity index (χ0n) is 27.0. The molecule has 0 fully saturated rings. The van der Waals surface area contributed by atoms with Gasteiger partial charge in [0.15, 0.2) is 16.3 Å². The van der Waals surface area contributed by atoms with Crippen LogP contribution in [-0.2, 0) is 4.79 Å². The Bertz CT molecular complexity index is 2440. The second-order valence-electron chi connectivity index (χ2n) is 11.0. The number of methoxy groups -OCH3 is 2. The molecule has 0 saturated heterocycles. The molecular weight excluding hydrogens is 746 g/mol. The number of aromatic nitrogens is 1. The molecule has 6 rings (SSSR count). The lowest BCUT2D eigenvalue weighted by atomic mass is 9.95. The van der Waals surface area contributed by atoms with Crippen molar-refractivity contribution < 1.29 is 28.9 Å². The van der Waals surface area contributed by atoms with Gasteiger partial charge in [-0.05, 0) is 82.5 Å². The van der Waals surface area contributed by atoms with Crippen molar-refractivity contribution in [2.24, 2.45) is 4.99 Å². The van der Waals surface area contributed by atoms with Gasteiger partial charge in [-0.25, -0.2) is 4.99 Å². The van der Waals surface area contributed by atoms with Crippen molar-refractivity contribution in [1.82, 2.24) is 4.57 Å². The van der Waals surface area contributed by atoms with Gasteiger partial charge in [0, 0.05) is 11.8 Å². The zero-order chi connectivity index (χ0) is 36.4. The zero-order valence-corrected chi connectivity index (χ0v) is 29.4. The average molecular weight is 773 g/mol. The number of benzene rings is 4. The fourth-order valence-corrected chi connectivity index (χ4v) is 7.08. The lowest BCUT2D eigenvalue weighted by molar-refractivity contribution is -0.394. The number of ether oxygens (including phenoxy) is 3. The molecule has 258 valence electrons. The quantitative estimate of drug-likeness (QED) is 0.127. The molecule has 1 aromatic heterocycles. The van der Waals surface area contributed by atoms with Crippen LogP contribution >= 0.6 is 27.3 Å². The van der Waals surface area contributed by atoms with Gasteiger partial charge in [0.2, 0.25) is 5.75 Å². The highest BCUT2D eigenvalue weighted by Crippen LogP contribution is 2.43. The number of halogens is 1. The van der Waals surface area contributed by atoms with Gasteiger partial charge >= 0.3 is 5.69 Å². The summed E-state index contributed by atoms with van der Waals surface area (Å²) in [4.78, 5) is 54.5. The van der Waals surface area contributed by atoms with Gasteiger partial charge in [0.25, 0.3) is 17.2 Å². The topological polar surface area (TPSA) is 177 Å². The lowest BCUT2D eigenvalue weighted by Gasteiger charge is -2.25. The Hall–Kier alpha value is -6.13. The maximum absolute atomic E-state index is 14.2. The summed E-state index contributed by atoms with van der Waals surface area (Å²) in [6, 6.07) is 21.5. The molecule has 0 bridgehead atoms. The highest BCUT2D eigenvalue weighted by Gasteiger charge is 2.33. The minimum Gasteiger partial charge on any atom is -0.497 e. The summed E-state index contributed by atoms with van der Waals surface area (Å²) >= 11 is 4.57. The van der Waals surface area contributed by atoms with Gasteiger partial charge in [-0.3, -0.25) is 34.4 Å². The number of carbonyl (C=O) groups excluding carboxylic acids is 1. The number of allylic oxidation sites excluding steroid dienone is 1. The number of carbonyl (C=O) groups is 1. The Morgan fingerprint density at radius 3 is 2.41 bits per heavy atom. The van der Waals surface area contributed by atoms with E-state index in [4.69, 9.17) is 14.2 Å². The van der Waals surface area contributed by atoms with Crippen molar-refractivity contribution in [3.8, 4) is 23.0 Å². The van der Waals surface area contributed by atoms with E-state index >= 15 is 0 Å². The van der Waals surface area contributed by atoms with E-state index < -0.39 is 38.7 Å². The first kappa shape index (κ1) is 34.7. The Kier molecular flexibility index (Phi) is 9.79. The van der Waals surface area contributed by atoms with Crippen LogP contribution in [0.3, 0.4) is 0 Å². The third-order valence-corrected chi connectivity index (χ3v) is 9.39. The molecule has 1 aliphatic rings. The van der Waals surface area contributed by atoms with Gasteiger partial charge in [-0.1, -0.05) is 41.7 Å². The molecule has 2 heterocycles. The van der Waals surface area contributed by atoms with Gasteiger partial charge in [-0.2, -0.15) is 0 Å². The number of nitro benzene ring substituents is 2. The molecule has 1 N–H and O–H groups in total. The number of nitrogens with zero attached hydrogens (tertiary/aromatic N) is 4. The second kappa shape index (κ2) is 14.4. The van der Waals surface area contributed by atoms with Crippen molar-refractivity contribution >= 4 is 56.3 Å². The summed E-state index contributed by atoms with van der Waals surface area (Å²) in [5.74, 6) is 0.106. The average Bonchev–Trinajstić information content (AvgIpc) is 3.42. The van der Waals surface area contributed by atoms with Crippen LogP contribution in [-0.4, -0.2) is 34.5 Å². The lowest BCUT2D eigenvalue weighted by Crippen LogP contribution is -2.40. The fourth-order valence-electron chi connectivity index (χ4n) is 5.49. The summed E-state index contributed by atoms with van der Waals surface area (Å²) < 4.78 is 18.9. The first-order valence-corrected chi connectivity index (χ1v) is 16.6. The van der Waals surface area contributed by atoms with Crippen molar-refractivity contribution in [3.05, 3.63) is 152 Å². The molecule has 5 aromatic rings. The van der Waals surface area contributed by atoms with Crippen LogP contribution in [0, 0.1) is 20.2 Å². The molecule has 1 atom stereocenters. The number of amides is 1. The SMILES string of the molecule is COc1cccc([C@H]2C(C(=O)Nc3ccccc3)=C(C)N=c3s/c(=C\c4cc(Br)c(Oc5ccc([N+](=O)[O-])cc5[N+](=O)[O-])c(OC)c4)c(=O)n32)c1. The van der Waals surface area contributed by atoms with E-state index in [1.165, 1.54) is 18.8 Å². The summed E-state index contributed by atoms with van der Waals surface area (Å²) in [7, 11) is 2.90. The number of nitro groups is 2. The van der Waals surface area contributed by atoms with Crippen LogP contribution in [0.15, 0.2) is 110 Å². The largest absolute Gasteiger partial charge is 0.497 e. The van der Waals surface area contributed by atoms with E-state index in [0.29, 0.717) is 42.1 Å². The number of nitrogens with one attached hydrogen (secondary N) is 1. The van der Waals surface area contributed by atoms with E-state index in [1.54, 1.807) is 67.6 Å². The van der Waals surface area contributed by atoms with E-state index in [2.05, 4.69) is 26.2 Å². The number of rotatable bonds is 10. The fraction of sp³-hybridized carbons (Fsp3) is 0.114. The van der Waals surface area contributed by atoms with Crippen molar-refractivity contribution in [2.45, 2.75) is 13.0 Å². The highest BCUT2D eigenvalue weighted by atomic mass is 79.9. The molecule has 0 saturated carbocycles. The Balaban J connectivity index is 1.44.